The Labute approximate surface area is 162 Å². The highest BCUT2D eigenvalue weighted by atomic mass is 35.5. The number of likely N-dealkylation sites (N-methyl/N-ethyl adjacent to an activating group) is 1. The van der Waals surface area contributed by atoms with Gasteiger partial charge in [0.25, 0.3) is 0 Å². The molecule has 140 valence electrons. The number of halogens is 1. The van der Waals surface area contributed by atoms with Crippen molar-refractivity contribution in [1.82, 2.24) is 4.90 Å². The normalized spacial score (nSPS) is 22.7. The summed E-state index contributed by atoms with van der Waals surface area (Å²) in [6, 6.07) is 13.2. The SMILES string of the molecule is CN1C(c2ccccc2)c2c(cc(N)c3c2CC(C)(C)O3)CC1(C)C.Cl. The Morgan fingerprint density at radius 1 is 1.08 bits per heavy atom. The van der Waals surface area contributed by atoms with E-state index in [1.165, 1.54) is 22.3 Å². The van der Waals surface area contributed by atoms with E-state index in [0.29, 0.717) is 0 Å². The highest BCUT2D eigenvalue weighted by Crippen LogP contribution is 2.50. The third kappa shape index (κ3) is 2.87. The van der Waals surface area contributed by atoms with E-state index < -0.39 is 0 Å². The molecule has 0 saturated carbocycles. The molecule has 0 radical (unpaired) electrons. The van der Waals surface area contributed by atoms with E-state index in [1.54, 1.807) is 0 Å². The first-order chi connectivity index (χ1) is 11.7. The van der Waals surface area contributed by atoms with Gasteiger partial charge in [0.1, 0.15) is 11.4 Å². The van der Waals surface area contributed by atoms with Gasteiger partial charge >= 0.3 is 0 Å². The van der Waals surface area contributed by atoms with Crippen molar-refractivity contribution in [3.8, 4) is 5.75 Å². The minimum Gasteiger partial charge on any atom is -0.485 e. The van der Waals surface area contributed by atoms with E-state index in [4.69, 9.17) is 10.5 Å². The molecule has 2 aliphatic heterocycles. The van der Waals surface area contributed by atoms with Crippen molar-refractivity contribution in [2.75, 3.05) is 12.8 Å². The number of nitrogen functional groups attached to an aromatic ring is 1. The predicted octanol–water partition coefficient (Wildman–Crippen LogP) is 4.76. The van der Waals surface area contributed by atoms with Crippen LogP contribution in [0.25, 0.3) is 0 Å². The van der Waals surface area contributed by atoms with Crippen LogP contribution in [0.2, 0.25) is 0 Å². The lowest BCUT2D eigenvalue weighted by Crippen LogP contribution is -2.49. The van der Waals surface area contributed by atoms with Gasteiger partial charge in [-0.05, 0) is 63.9 Å². The fraction of sp³-hybridized carbons (Fsp3) is 0.455. The lowest BCUT2D eigenvalue weighted by Gasteiger charge is -2.47. The Morgan fingerprint density at radius 2 is 1.73 bits per heavy atom. The van der Waals surface area contributed by atoms with Gasteiger partial charge in [-0.25, -0.2) is 0 Å². The molecule has 0 aliphatic carbocycles. The molecular weight excluding hydrogens is 344 g/mol. The molecule has 2 aliphatic rings. The van der Waals surface area contributed by atoms with Crippen LogP contribution in [0.15, 0.2) is 36.4 Å². The summed E-state index contributed by atoms with van der Waals surface area (Å²) >= 11 is 0. The number of benzene rings is 2. The van der Waals surface area contributed by atoms with Crippen LogP contribution in [0.1, 0.15) is 56.0 Å². The van der Waals surface area contributed by atoms with Gasteiger partial charge in [-0.1, -0.05) is 30.3 Å². The van der Waals surface area contributed by atoms with Crippen LogP contribution in [0.4, 0.5) is 5.69 Å². The second-order valence-electron chi connectivity index (χ2n) is 8.80. The summed E-state index contributed by atoms with van der Waals surface area (Å²) in [5, 5.41) is 0. The molecule has 3 nitrogen and oxygen atoms in total. The van der Waals surface area contributed by atoms with Crippen molar-refractivity contribution < 1.29 is 4.74 Å². The van der Waals surface area contributed by atoms with Crippen LogP contribution < -0.4 is 10.5 Å². The van der Waals surface area contributed by atoms with E-state index in [2.05, 4.69) is 76.0 Å². The van der Waals surface area contributed by atoms with Crippen molar-refractivity contribution in [2.45, 2.75) is 57.7 Å². The molecule has 2 N–H and O–H groups in total. The lowest BCUT2D eigenvalue weighted by atomic mass is 9.76. The van der Waals surface area contributed by atoms with Gasteiger partial charge in [-0.15, -0.1) is 12.4 Å². The second kappa shape index (κ2) is 6.17. The molecule has 1 atom stereocenters. The van der Waals surface area contributed by atoms with Crippen molar-refractivity contribution in [3.05, 3.63) is 58.7 Å². The third-order valence-electron chi connectivity index (χ3n) is 5.87. The quantitative estimate of drug-likeness (QED) is 0.733. The molecule has 1 unspecified atom stereocenters. The number of anilines is 1. The number of hydrogen-bond donors (Lipinski definition) is 1. The number of hydrogen-bond acceptors (Lipinski definition) is 3. The first-order valence-electron chi connectivity index (χ1n) is 9.11. The number of ether oxygens (including phenoxy) is 1. The first-order valence-corrected chi connectivity index (χ1v) is 9.11. The lowest BCUT2D eigenvalue weighted by molar-refractivity contribution is 0.104. The summed E-state index contributed by atoms with van der Waals surface area (Å²) in [7, 11) is 2.24. The monoisotopic (exact) mass is 372 g/mol. The zero-order valence-electron chi connectivity index (χ0n) is 16.3. The molecule has 2 heterocycles. The standard InChI is InChI=1S/C22H28N2O.ClH/c1-21(2)12-15-11-17(23)20-16(13-22(3,4)25-20)18(15)19(24(21)5)14-9-7-6-8-10-14;/h6-11,19H,12-13,23H2,1-5H3;1H. The zero-order chi connectivity index (χ0) is 18.0. The molecule has 26 heavy (non-hydrogen) atoms. The number of rotatable bonds is 1. The van der Waals surface area contributed by atoms with Gasteiger partial charge in [0, 0.05) is 17.5 Å². The van der Waals surface area contributed by atoms with Gasteiger partial charge < -0.3 is 10.5 Å². The number of nitrogens with zero attached hydrogens (tertiary/aromatic N) is 1. The minimum atomic E-state index is -0.196. The summed E-state index contributed by atoms with van der Waals surface area (Å²) in [5.74, 6) is 0.901. The molecule has 0 bridgehead atoms. The maximum absolute atomic E-state index is 6.39. The van der Waals surface area contributed by atoms with Gasteiger partial charge in [0.05, 0.1) is 11.7 Å². The highest BCUT2D eigenvalue weighted by molar-refractivity contribution is 5.85. The molecule has 0 spiro atoms. The van der Waals surface area contributed by atoms with Gasteiger partial charge in [-0.2, -0.15) is 0 Å². The van der Waals surface area contributed by atoms with Gasteiger partial charge in [-0.3, -0.25) is 4.90 Å². The van der Waals surface area contributed by atoms with E-state index in [-0.39, 0.29) is 29.6 Å². The Hall–Kier alpha value is -1.71. The fourth-order valence-electron chi connectivity index (χ4n) is 4.50. The zero-order valence-corrected chi connectivity index (χ0v) is 17.1. The van der Waals surface area contributed by atoms with Crippen LogP contribution in [0, 0.1) is 0 Å². The smallest absolute Gasteiger partial charge is 0.146 e. The number of nitrogens with two attached hydrogens (primary N) is 1. The van der Waals surface area contributed by atoms with Crippen LogP contribution in [-0.4, -0.2) is 23.1 Å². The summed E-state index contributed by atoms with van der Waals surface area (Å²) in [6.45, 7) is 8.92. The van der Waals surface area contributed by atoms with Crippen molar-refractivity contribution >= 4 is 18.1 Å². The summed E-state index contributed by atoms with van der Waals surface area (Å²) in [5.41, 5.74) is 12.5. The minimum absolute atomic E-state index is 0. The predicted molar refractivity (Wildman–Crippen MR) is 110 cm³/mol. The molecule has 4 heteroatoms. The van der Waals surface area contributed by atoms with E-state index in [9.17, 15) is 0 Å². The van der Waals surface area contributed by atoms with Crippen LogP contribution in [0.5, 0.6) is 5.75 Å². The average Bonchev–Trinajstić information content (AvgIpc) is 2.86. The maximum Gasteiger partial charge on any atom is 0.146 e. The van der Waals surface area contributed by atoms with E-state index in [0.717, 1.165) is 24.3 Å². The van der Waals surface area contributed by atoms with Crippen LogP contribution >= 0.6 is 12.4 Å². The third-order valence-corrected chi connectivity index (χ3v) is 5.87. The van der Waals surface area contributed by atoms with Crippen molar-refractivity contribution in [1.29, 1.82) is 0 Å². The fourth-order valence-corrected chi connectivity index (χ4v) is 4.50. The Morgan fingerprint density at radius 3 is 2.38 bits per heavy atom. The summed E-state index contributed by atoms with van der Waals surface area (Å²) in [6.07, 6.45) is 1.91. The Balaban J connectivity index is 0.00000196. The van der Waals surface area contributed by atoms with Crippen LogP contribution in [-0.2, 0) is 12.8 Å². The van der Waals surface area contributed by atoms with E-state index >= 15 is 0 Å². The molecule has 4 rings (SSSR count). The average molecular weight is 373 g/mol. The van der Waals surface area contributed by atoms with Gasteiger partial charge in [0.15, 0.2) is 0 Å². The second-order valence-corrected chi connectivity index (χ2v) is 8.80. The molecule has 2 aromatic carbocycles. The van der Waals surface area contributed by atoms with Crippen molar-refractivity contribution in [3.63, 3.8) is 0 Å². The number of fused-ring (bicyclic) bond motifs is 3. The molecule has 0 fully saturated rings. The Bertz CT molecular complexity index is 830. The highest BCUT2D eigenvalue weighted by Gasteiger charge is 2.43. The topological polar surface area (TPSA) is 38.5 Å². The molecule has 0 saturated heterocycles. The Kier molecular flexibility index (Phi) is 4.53. The molecular formula is C22H29ClN2O. The summed E-state index contributed by atoms with van der Waals surface area (Å²) < 4.78 is 6.22. The molecule has 0 aromatic heterocycles. The molecule has 2 aromatic rings. The molecule has 0 amide bonds. The first kappa shape index (κ1) is 19.1. The van der Waals surface area contributed by atoms with Crippen molar-refractivity contribution in [2.24, 2.45) is 0 Å². The largest absolute Gasteiger partial charge is 0.485 e. The maximum atomic E-state index is 6.39. The van der Waals surface area contributed by atoms with Gasteiger partial charge in [0.2, 0.25) is 0 Å². The summed E-state index contributed by atoms with van der Waals surface area (Å²) in [4.78, 5) is 2.51. The van der Waals surface area contributed by atoms with E-state index in [1.807, 2.05) is 0 Å². The van der Waals surface area contributed by atoms with Crippen LogP contribution in [0.3, 0.4) is 0 Å².